The second-order valence-corrected chi connectivity index (χ2v) is 4.93. The van der Waals surface area contributed by atoms with E-state index in [2.05, 4.69) is 37.9 Å². The zero-order valence-corrected chi connectivity index (χ0v) is 8.85. The molecule has 12 heavy (non-hydrogen) atoms. The molecule has 0 saturated carbocycles. The molecule has 0 unspecified atom stereocenters. The third-order valence-electron chi connectivity index (χ3n) is 2.53. The van der Waals surface area contributed by atoms with Crippen LogP contribution in [-0.4, -0.2) is 36.6 Å². The average Bonchev–Trinajstić information content (AvgIpc) is 2.11. The molecule has 1 fully saturated rings. The van der Waals surface area contributed by atoms with Crippen molar-refractivity contribution in [1.29, 1.82) is 0 Å². The van der Waals surface area contributed by atoms with Crippen molar-refractivity contribution in [3.8, 4) is 0 Å². The average molecular weight is 170 g/mol. The second-order valence-electron chi connectivity index (χ2n) is 4.93. The SMILES string of the molecule is C[C@@H]1CNCCN(C(C)(C)C)C1. The predicted octanol–water partition coefficient (Wildman–Crippen LogP) is 1.33. The molecule has 0 aliphatic carbocycles. The third-order valence-corrected chi connectivity index (χ3v) is 2.53. The van der Waals surface area contributed by atoms with Crippen LogP contribution in [0, 0.1) is 5.92 Å². The summed E-state index contributed by atoms with van der Waals surface area (Å²) >= 11 is 0. The Morgan fingerprint density at radius 2 is 2.00 bits per heavy atom. The predicted molar refractivity (Wildman–Crippen MR) is 53.4 cm³/mol. The van der Waals surface area contributed by atoms with E-state index in [1.165, 1.54) is 19.6 Å². The van der Waals surface area contributed by atoms with E-state index in [0.29, 0.717) is 5.54 Å². The summed E-state index contributed by atoms with van der Waals surface area (Å²) in [5.41, 5.74) is 0.334. The Labute approximate surface area is 76.3 Å². The van der Waals surface area contributed by atoms with Crippen LogP contribution in [0.25, 0.3) is 0 Å². The molecule has 72 valence electrons. The standard InChI is InChI=1S/C10H22N2/c1-9-7-11-5-6-12(8-9)10(2,3)4/h9,11H,5-8H2,1-4H3/t9-/m1/s1. The van der Waals surface area contributed by atoms with Crippen molar-refractivity contribution in [3.05, 3.63) is 0 Å². The Kier molecular flexibility index (Phi) is 3.13. The Morgan fingerprint density at radius 1 is 1.33 bits per heavy atom. The Balaban J connectivity index is 2.52. The fourth-order valence-electron chi connectivity index (χ4n) is 1.70. The quantitative estimate of drug-likeness (QED) is 0.590. The fourth-order valence-corrected chi connectivity index (χ4v) is 1.70. The van der Waals surface area contributed by atoms with Gasteiger partial charge in [-0.2, -0.15) is 0 Å². The maximum Gasteiger partial charge on any atom is 0.0125 e. The van der Waals surface area contributed by atoms with Gasteiger partial charge in [0.1, 0.15) is 0 Å². The molecule has 0 aromatic carbocycles. The lowest BCUT2D eigenvalue weighted by atomic mass is 10.0. The van der Waals surface area contributed by atoms with Crippen molar-refractivity contribution in [2.24, 2.45) is 5.92 Å². The minimum Gasteiger partial charge on any atom is -0.315 e. The summed E-state index contributed by atoms with van der Waals surface area (Å²) in [6.45, 7) is 13.9. The van der Waals surface area contributed by atoms with Crippen molar-refractivity contribution < 1.29 is 0 Å². The molecule has 0 aromatic rings. The maximum absolute atomic E-state index is 3.46. The van der Waals surface area contributed by atoms with Gasteiger partial charge in [0.15, 0.2) is 0 Å². The van der Waals surface area contributed by atoms with Gasteiger partial charge >= 0.3 is 0 Å². The van der Waals surface area contributed by atoms with Gasteiger partial charge < -0.3 is 5.32 Å². The molecule has 1 N–H and O–H groups in total. The van der Waals surface area contributed by atoms with E-state index in [1.807, 2.05) is 0 Å². The monoisotopic (exact) mass is 170 g/mol. The number of nitrogens with one attached hydrogen (secondary N) is 1. The first-order valence-corrected chi connectivity index (χ1v) is 4.96. The highest BCUT2D eigenvalue weighted by Crippen LogP contribution is 2.15. The first-order chi connectivity index (χ1) is 5.50. The number of rotatable bonds is 0. The summed E-state index contributed by atoms with van der Waals surface area (Å²) in [7, 11) is 0. The summed E-state index contributed by atoms with van der Waals surface area (Å²) < 4.78 is 0. The number of nitrogens with zero attached hydrogens (tertiary/aromatic N) is 1. The van der Waals surface area contributed by atoms with Crippen molar-refractivity contribution in [3.63, 3.8) is 0 Å². The normalized spacial score (nSPS) is 28.5. The lowest BCUT2D eigenvalue weighted by Crippen LogP contribution is -2.44. The van der Waals surface area contributed by atoms with Gasteiger partial charge in [-0.05, 0) is 33.2 Å². The largest absolute Gasteiger partial charge is 0.315 e. The Hall–Kier alpha value is -0.0800. The zero-order chi connectivity index (χ0) is 9.19. The minimum absolute atomic E-state index is 0.334. The van der Waals surface area contributed by atoms with Gasteiger partial charge in [0, 0.05) is 25.2 Å². The van der Waals surface area contributed by atoms with Gasteiger partial charge in [-0.1, -0.05) is 6.92 Å². The molecule has 0 aromatic heterocycles. The Bertz CT molecular complexity index is 137. The Morgan fingerprint density at radius 3 is 2.58 bits per heavy atom. The highest BCUT2D eigenvalue weighted by Gasteiger charge is 2.24. The number of hydrogen-bond acceptors (Lipinski definition) is 2. The lowest BCUT2D eigenvalue weighted by Gasteiger charge is -2.35. The molecule has 1 heterocycles. The van der Waals surface area contributed by atoms with Gasteiger partial charge in [-0.25, -0.2) is 0 Å². The second kappa shape index (κ2) is 3.75. The summed E-state index contributed by atoms with van der Waals surface area (Å²) in [5.74, 6) is 0.784. The first-order valence-electron chi connectivity index (χ1n) is 4.96. The van der Waals surface area contributed by atoms with Gasteiger partial charge in [-0.15, -0.1) is 0 Å². The van der Waals surface area contributed by atoms with Crippen LogP contribution in [0.15, 0.2) is 0 Å². The van der Waals surface area contributed by atoms with E-state index in [1.54, 1.807) is 0 Å². The molecule has 0 radical (unpaired) electrons. The zero-order valence-electron chi connectivity index (χ0n) is 8.85. The first kappa shape index (κ1) is 10.0. The van der Waals surface area contributed by atoms with E-state index in [-0.39, 0.29) is 0 Å². The molecule has 1 aliphatic heterocycles. The van der Waals surface area contributed by atoms with Crippen molar-refractivity contribution in [1.82, 2.24) is 10.2 Å². The van der Waals surface area contributed by atoms with Gasteiger partial charge in [-0.3, -0.25) is 4.90 Å². The molecular formula is C10H22N2. The minimum atomic E-state index is 0.334. The molecule has 0 amide bonds. The molecule has 1 aliphatic rings. The van der Waals surface area contributed by atoms with Crippen LogP contribution in [0.2, 0.25) is 0 Å². The van der Waals surface area contributed by atoms with Crippen LogP contribution in [-0.2, 0) is 0 Å². The fraction of sp³-hybridized carbons (Fsp3) is 1.00. The maximum atomic E-state index is 3.46. The van der Waals surface area contributed by atoms with Crippen molar-refractivity contribution in [2.45, 2.75) is 33.2 Å². The topological polar surface area (TPSA) is 15.3 Å². The molecule has 2 nitrogen and oxygen atoms in total. The summed E-state index contributed by atoms with van der Waals surface area (Å²) in [4.78, 5) is 2.57. The summed E-state index contributed by atoms with van der Waals surface area (Å²) in [5, 5.41) is 3.46. The lowest BCUT2D eigenvalue weighted by molar-refractivity contribution is 0.132. The highest BCUT2D eigenvalue weighted by molar-refractivity contribution is 4.81. The van der Waals surface area contributed by atoms with E-state index in [9.17, 15) is 0 Å². The van der Waals surface area contributed by atoms with Crippen LogP contribution >= 0.6 is 0 Å². The van der Waals surface area contributed by atoms with E-state index >= 15 is 0 Å². The van der Waals surface area contributed by atoms with E-state index in [0.717, 1.165) is 12.5 Å². The van der Waals surface area contributed by atoms with E-state index in [4.69, 9.17) is 0 Å². The van der Waals surface area contributed by atoms with Gasteiger partial charge in [0.05, 0.1) is 0 Å². The molecule has 2 heteroatoms. The number of hydrogen-bond donors (Lipinski definition) is 1. The molecule has 1 atom stereocenters. The van der Waals surface area contributed by atoms with Crippen molar-refractivity contribution >= 4 is 0 Å². The van der Waals surface area contributed by atoms with Crippen LogP contribution < -0.4 is 5.32 Å². The smallest absolute Gasteiger partial charge is 0.0125 e. The van der Waals surface area contributed by atoms with Crippen LogP contribution in [0.3, 0.4) is 0 Å². The van der Waals surface area contributed by atoms with Gasteiger partial charge in [0.2, 0.25) is 0 Å². The van der Waals surface area contributed by atoms with Crippen LogP contribution in [0.4, 0.5) is 0 Å². The molecule has 0 bridgehead atoms. The third kappa shape index (κ3) is 2.76. The molecular weight excluding hydrogens is 148 g/mol. The summed E-state index contributed by atoms with van der Waals surface area (Å²) in [6.07, 6.45) is 0. The molecule has 0 spiro atoms. The van der Waals surface area contributed by atoms with Gasteiger partial charge in [0.25, 0.3) is 0 Å². The molecule has 1 saturated heterocycles. The van der Waals surface area contributed by atoms with Crippen LogP contribution in [0.5, 0.6) is 0 Å². The van der Waals surface area contributed by atoms with Crippen molar-refractivity contribution in [2.75, 3.05) is 26.2 Å². The van der Waals surface area contributed by atoms with E-state index < -0.39 is 0 Å². The summed E-state index contributed by atoms with van der Waals surface area (Å²) in [6, 6.07) is 0. The highest BCUT2D eigenvalue weighted by atomic mass is 15.2. The van der Waals surface area contributed by atoms with Crippen LogP contribution in [0.1, 0.15) is 27.7 Å². The molecule has 1 rings (SSSR count).